The van der Waals surface area contributed by atoms with Crippen molar-refractivity contribution >= 4 is 40.4 Å². The second-order valence-corrected chi connectivity index (χ2v) is 5.83. The summed E-state index contributed by atoms with van der Waals surface area (Å²) in [6.07, 6.45) is 0.723. The van der Waals surface area contributed by atoms with Crippen molar-refractivity contribution in [2.24, 2.45) is 5.10 Å². The second kappa shape index (κ2) is 7.69. The molecule has 0 radical (unpaired) electrons. The molecule has 0 aliphatic heterocycles. The van der Waals surface area contributed by atoms with E-state index in [-0.39, 0.29) is 5.91 Å². The summed E-state index contributed by atoms with van der Waals surface area (Å²) in [5.74, 6) is -0.130. The molecule has 1 aromatic heterocycles. The highest BCUT2D eigenvalue weighted by Crippen LogP contribution is 2.32. The van der Waals surface area contributed by atoms with Crippen LogP contribution in [0.25, 0.3) is 0 Å². The molecule has 1 aromatic carbocycles. The zero-order valence-corrected chi connectivity index (χ0v) is 14.7. The molecule has 24 heavy (non-hydrogen) atoms. The van der Waals surface area contributed by atoms with Gasteiger partial charge in [0.25, 0.3) is 0 Å². The molecule has 0 aliphatic carbocycles. The number of thiazole rings is 1. The zero-order valence-electron chi connectivity index (χ0n) is 13.9. The summed E-state index contributed by atoms with van der Waals surface area (Å²) >= 11 is 1.32. The molecule has 7 nitrogen and oxygen atoms in total. The number of benzene rings is 1. The van der Waals surface area contributed by atoms with E-state index in [1.807, 2.05) is 32.0 Å². The van der Waals surface area contributed by atoms with Gasteiger partial charge in [-0.3, -0.25) is 9.69 Å². The van der Waals surface area contributed by atoms with Crippen LogP contribution >= 0.6 is 11.3 Å². The van der Waals surface area contributed by atoms with Crippen LogP contribution in [0.4, 0.5) is 15.6 Å². The van der Waals surface area contributed by atoms with Crippen molar-refractivity contribution in [3.05, 3.63) is 40.4 Å². The third kappa shape index (κ3) is 3.96. The molecule has 0 fully saturated rings. The Kier molecular flexibility index (Phi) is 5.64. The van der Waals surface area contributed by atoms with Gasteiger partial charge in [-0.15, -0.1) is 11.3 Å². The summed E-state index contributed by atoms with van der Waals surface area (Å²) in [7, 11) is 1.25. The number of hydrazone groups is 1. The fourth-order valence-electron chi connectivity index (χ4n) is 2.02. The minimum absolute atomic E-state index is 0.130. The van der Waals surface area contributed by atoms with Crippen molar-refractivity contribution in [2.75, 3.05) is 12.0 Å². The average Bonchev–Trinajstić information content (AvgIpc) is 2.99. The van der Waals surface area contributed by atoms with E-state index in [4.69, 9.17) is 0 Å². The first kappa shape index (κ1) is 17.6. The summed E-state index contributed by atoms with van der Waals surface area (Å²) in [6.45, 7) is 5.46. The Morgan fingerprint density at radius 2 is 2.12 bits per heavy atom. The molecule has 0 bridgehead atoms. The van der Waals surface area contributed by atoms with E-state index in [9.17, 15) is 9.59 Å². The van der Waals surface area contributed by atoms with Gasteiger partial charge in [-0.05, 0) is 31.0 Å². The summed E-state index contributed by atoms with van der Waals surface area (Å²) in [5, 5.41) is 6.01. The first-order valence-electron chi connectivity index (χ1n) is 7.13. The van der Waals surface area contributed by atoms with Crippen LogP contribution in [-0.2, 0) is 9.53 Å². The maximum absolute atomic E-state index is 12.1. The lowest BCUT2D eigenvalue weighted by atomic mass is 10.1. The quantitative estimate of drug-likeness (QED) is 0.681. The SMILES string of the molecule is COC(=O)N/N=C\c1csc(N(C(C)=O)c2cccc(C)c2C)n1. The number of rotatable bonds is 4. The van der Waals surface area contributed by atoms with Crippen LogP contribution in [0.1, 0.15) is 23.7 Å². The third-order valence-electron chi connectivity index (χ3n) is 3.37. The molecule has 2 amide bonds. The number of amides is 2. The number of nitrogens with one attached hydrogen (secondary N) is 1. The van der Waals surface area contributed by atoms with Gasteiger partial charge in [0.1, 0.15) is 0 Å². The van der Waals surface area contributed by atoms with E-state index in [1.165, 1.54) is 31.6 Å². The summed E-state index contributed by atoms with van der Waals surface area (Å²) in [5.41, 5.74) is 5.63. The number of methoxy groups -OCH3 is 1. The zero-order chi connectivity index (χ0) is 17.7. The van der Waals surface area contributed by atoms with Crippen LogP contribution in [-0.4, -0.2) is 30.3 Å². The summed E-state index contributed by atoms with van der Waals surface area (Å²) in [4.78, 5) is 29.0. The lowest BCUT2D eigenvalue weighted by molar-refractivity contribution is -0.115. The van der Waals surface area contributed by atoms with Crippen molar-refractivity contribution in [1.82, 2.24) is 10.4 Å². The second-order valence-electron chi connectivity index (χ2n) is 4.99. The predicted octanol–water partition coefficient (Wildman–Crippen LogP) is 3.13. The molecule has 0 saturated heterocycles. The van der Waals surface area contributed by atoms with Gasteiger partial charge in [0, 0.05) is 12.3 Å². The standard InChI is InChI=1S/C16H18N4O3S/c1-10-6-5-7-14(11(10)2)20(12(3)21)15-18-13(9-24-15)8-17-19-16(22)23-4/h5-9H,1-4H3,(H,19,22)/b17-8-. The van der Waals surface area contributed by atoms with Crippen LogP contribution in [0.3, 0.4) is 0 Å². The molecule has 0 spiro atoms. The van der Waals surface area contributed by atoms with Crippen LogP contribution < -0.4 is 10.3 Å². The third-order valence-corrected chi connectivity index (χ3v) is 4.22. The van der Waals surface area contributed by atoms with Gasteiger partial charge in [0.15, 0.2) is 5.13 Å². The molecule has 0 saturated carbocycles. The van der Waals surface area contributed by atoms with Gasteiger partial charge in [-0.1, -0.05) is 12.1 Å². The summed E-state index contributed by atoms with van der Waals surface area (Å²) in [6, 6.07) is 5.79. The van der Waals surface area contributed by atoms with Crippen LogP contribution in [0.5, 0.6) is 0 Å². The molecule has 1 N–H and O–H groups in total. The topological polar surface area (TPSA) is 83.9 Å². The molecular weight excluding hydrogens is 328 g/mol. The molecule has 0 atom stereocenters. The lowest BCUT2D eigenvalue weighted by Crippen LogP contribution is -2.23. The fraction of sp³-hybridized carbons (Fsp3) is 0.250. The number of carbonyl (C=O) groups excluding carboxylic acids is 2. The Morgan fingerprint density at radius 3 is 2.79 bits per heavy atom. The predicted molar refractivity (Wildman–Crippen MR) is 94.0 cm³/mol. The van der Waals surface area contributed by atoms with Crippen LogP contribution in [0.15, 0.2) is 28.7 Å². The van der Waals surface area contributed by atoms with Crippen LogP contribution in [0.2, 0.25) is 0 Å². The van der Waals surface area contributed by atoms with Crippen molar-refractivity contribution in [3.63, 3.8) is 0 Å². The number of ether oxygens (including phenoxy) is 1. The Labute approximate surface area is 144 Å². The van der Waals surface area contributed by atoms with Crippen molar-refractivity contribution in [3.8, 4) is 0 Å². The number of carbonyl (C=O) groups is 2. The largest absolute Gasteiger partial charge is 0.452 e. The highest BCUT2D eigenvalue weighted by Gasteiger charge is 2.19. The molecule has 1 heterocycles. The van der Waals surface area contributed by atoms with Gasteiger partial charge in [0.2, 0.25) is 5.91 Å². The molecule has 0 unspecified atom stereocenters. The van der Waals surface area contributed by atoms with E-state index in [2.05, 4.69) is 20.2 Å². The minimum Gasteiger partial charge on any atom is -0.452 e. The van der Waals surface area contributed by atoms with E-state index in [0.29, 0.717) is 10.8 Å². The minimum atomic E-state index is -0.664. The van der Waals surface area contributed by atoms with Gasteiger partial charge in [-0.2, -0.15) is 5.10 Å². The Bertz CT molecular complexity index is 785. The number of hydrogen-bond donors (Lipinski definition) is 1. The monoisotopic (exact) mass is 346 g/mol. The normalized spacial score (nSPS) is 10.7. The molecule has 0 aliphatic rings. The van der Waals surface area contributed by atoms with Crippen molar-refractivity contribution in [2.45, 2.75) is 20.8 Å². The molecule has 126 valence electrons. The number of aryl methyl sites for hydroxylation is 1. The highest BCUT2D eigenvalue weighted by atomic mass is 32.1. The maximum Gasteiger partial charge on any atom is 0.427 e. The van der Waals surface area contributed by atoms with E-state index in [0.717, 1.165) is 16.8 Å². The number of anilines is 2. The number of hydrogen-bond acceptors (Lipinski definition) is 6. The molecule has 2 aromatic rings. The fourth-order valence-corrected chi connectivity index (χ4v) is 2.85. The number of nitrogens with zero attached hydrogens (tertiary/aromatic N) is 3. The summed E-state index contributed by atoms with van der Waals surface area (Å²) < 4.78 is 4.41. The average molecular weight is 346 g/mol. The van der Waals surface area contributed by atoms with Crippen molar-refractivity contribution < 1.29 is 14.3 Å². The molecular formula is C16H18N4O3S. The van der Waals surface area contributed by atoms with Gasteiger partial charge in [0.05, 0.1) is 24.7 Å². The Hall–Kier alpha value is -2.74. The van der Waals surface area contributed by atoms with Gasteiger partial charge in [-0.25, -0.2) is 15.2 Å². The molecule has 8 heteroatoms. The van der Waals surface area contributed by atoms with Crippen molar-refractivity contribution in [1.29, 1.82) is 0 Å². The highest BCUT2D eigenvalue weighted by molar-refractivity contribution is 7.14. The number of aromatic nitrogens is 1. The maximum atomic E-state index is 12.1. The van der Waals surface area contributed by atoms with Gasteiger partial charge >= 0.3 is 6.09 Å². The van der Waals surface area contributed by atoms with E-state index < -0.39 is 6.09 Å². The van der Waals surface area contributed by atoms with Crippen LogP contribution in [0, 0.1) is 13.8 Å². The Morgan fingerprint density at radius 1 is 1.38 bits per heavy atom. The Balaban J connectivity index is 2.29. The lowest BCUT2D eigenvalue weighted by Gasteiger charge is -2.21. The molecule has 2 rings (SSSR count). The van der Waals surface area contributed by atoms with E-state index >= 15 is 0 Å². The smallest absolute Gasteiger partial charge is 0.427 e. The van der Waals surface area contributed by atoms with E-state index in [1.54, 1.807) is 10.3 Å². The first-order chi connectivity index (χ1) is 11.4. The first-order valence-corrected chi connectivity index (χ1v) is 8.01. The van der Waals surface area contributed by atoms with Gasteiger partial charge < -0.3 is 4.74 Å².